The van der Waals surface area contributed by atoms with E-state index in [1.165, 1.54) is 11.1 Å². The van der Waals surface area contributed by atoms with Crippen LogP contribution < -0.4 is 5.32 Å². The van der Waals surface area contributed by atoms with Crippen LogP contribution in [-0.4, -0.2) is 28.3 Å². The van der Waals surface area contributed by atoms with Crippen molar-refractivity contribution >= 4 is 11.8 Å². The van der Waals surface area contributed by atoms with E-state index in [4.69, 9.17) is 0 Å². The summed E-state index contributed by atoms with van der Waals surface area (Å²) in [5, 5.41) is 3.06. The zero-order chi connectivity index (χ0) is 23.9. The van der Waals surface area contributed by atoms with Gasteiger partial charge in [0.05, 0.1) is 0 Å². The van der Waals surface area contributed by atoms with Gasteiger partial charge in [0.1, 0.15) is 6.04 Å². The molecule has 0 spiro atoms. The van der Waals surface area contributed by atoms with E-state index < -0.39 is 6.04 Å². The highest BCUT2D eigenvalue weighted by Crippen LogP contribution is 2.18. The number of rotatable bonds is 9. The van der Waals surface area contributed by atoms with E-state index >= 15 is 0 Å². The van der Waals surface area contributed by atoms with Gasteiger partial charge in [-0.05, 0) is 63.1 Å². The molecule has 0 bridgehead atoms. The number of carbonyl (C=O) groups is 2. The molecule has 2 aromatic rings. The van der Waals surface area contributed by atoms with Gasteiger partial charge in [-0.25, -0.2) is 0 Å². The van der Waals surface area contributed by atoms with Gasteiger partial charge < -0.3 is 10.2 Å². The van der Waals surface area contributed by atoms with Gasteiger partial charge in [-0.1, -0.05) is 74.9 Å². The second-order valence-electron chi connectivity index (χ2n) is 10.1. The lowest BCUT2D eigenvalue weighted by atomic mass is 10.00. The molecule has 0 aliphatic carbocycles. The van der Waals surface area contributed by atoms with Crippen molar-refractivity contribution in [3.8, 4) is 0 Å². The van der Waals surface area contributed by atoms with E-state index in [0.717, 1.165) is 11.1 Å². The third kappa shape index (κ3) is 7.81. The Hall–Kier alpha value is -2.62. The molecule has 0 unspecified atom stereocenters. The lowest BCUT2D eigenvalue weighted by Gasteiger charge is -2.33. The van der Waals surface area contributed by atoms with Crippen molar-refractivity contribution in [2.45, 2.75) is 91.8 Å². The first-order valence-electron chi connectivity index (χ1n) is 11.8. The quantitative estimate of drug-likeness (QED) is 0.542. The summed E-state index contributed by atoms with van der Waals surface area (Å²) in [5.74, 6) is 0.401. The van der Waals surface area contributed by atoms with Gasteiger partial charge in [-0.2, -0.15) is 0 Å². The molecule has 4 nitrogen and oxygen atoms in total. The zero-order valence-corrected chi connectivity index (χ0v) is 20.9. The van der Waals surface area contributed by atoms with E-state index in [2.05, 4.69) is 43.4 Å². The smallest absolute Gasteiger partial charge is 0.243 e. The van der Waals surface area contributed by atoms with Gasteiger partial charge in [-0.3, -0.25) is 9.59 Å². The van der Waals surface area contributed by atoms with Crippen LogP contribution in [0.4, 0.5) is 0 Å². The zero-order valence-electron chi connectivity index (χ0n) is 20.9. The molecular formula is C28H40N2O2. The predicted octanol–water partition coefficient (Wildman–Crippen LogP) is 5.77. The summed E-state index contributed by atoms with van der Waals surface area (Å²) in [6, 6.07) is 16.2. The summed E-state index contributed by atoms with van der Waals surface area (Å²) in [6.07, 6.45) is 1.62. The fraction of sp³-hybridized carbons (Fsp3) is 0.500. The van der Waals surface area contributed by atoms with Gasteiger partial charge >= 0.3 is 0 Å². The Kier molecular flexibility index (Phi) is 9.06. The molecule has 32 heavy (non-hydrogen) atoms. The summed E-state index contributed by atoms with van der Waals surface area (Å²) >= 11 is 0. The Balaban J connectivity index is 2.20. The molecule has 0 aliphatic rings. The minimum Gasteiger partial charge on any atom is -0.350 e. The van der Waals surface area contributed by atoms with E-state index in [-0.39, 0.29) is 17.4 Å². The van der Waals surface area contributed by atoms with Crippen molar-refractivity contribution in [3.05, 3.63) is 70.8 Å². The van der Waals surface area contributed by atoms with Crippen LogP contribution in [0, 0.1) is 6.92 Å². The third-order valence-electron chi connectivity index (χ3n) is 5.63. The number of nitrogens with one attached hydrogen (secondary N) is 1. The maximum Gasteiger partial charge on any atom is 0.243 e. The molecule has 174 valence electrons. The number of hydrogen-bond donors (Lipinski definition) is 1. The predicted molar refractivity (Wildman–Crippen MR) is 133 cm³/mol. The van der Waals surface area contributed by atoms with Gasteiger partial charge in [0, 0.05) is 18.5 Å². The Bertz CT molecular complexity index is 877. The van der Waals surface area contributed by atoms with Crippen LogP contribution in [0.1, 0.15) is 82.6 Å². The molecule has 0 saturated carbocycles. The molecule has 1 atom stereocenters. The highest BCUT2D eigenvalue weighted by atomic mass is 16.2. The first-order valence-corrected chi connectivity index (χ1v) is 11.8. The number of benzene rings is 2. The summed E-state index contributed by atoms with van der Waals surface area (Å²) in [7, 11) is 0. The van der Waals surface area contributed by atoms with Crippen molar-refractivity contribution in [1.29, 1.82) is 0 Å². The first-order chi connectivity index (χ1) is 15.0. The summed E-state index contributed by atoms with van der Waals surface area (Å²) < 4.78 is 0. The number of carbonyl (C=O) groups excluding carboxylic acids is 2. The highest BCUT2D eigenvalue weighted by Gasteiger charge is 2.30. The number of nitrogens with zero attached hydrogens (tertiary/aromatic N) is 1. The van der Waals surface area contributed by atoms with Crippen LogP contribution in [-0.2, 0) is 22.6 Å². The monoisotopic (exact) mass is 436 g/mol. The summed E-state index contributed by atoms with van der Waals surface area (Å²) in [4.78, 5) is 28.2. The molecule has 0 aliphatic heterocycles. The van der Waals surface area contributed by atoms with Crippen molar-refractivity contribution in [3.63, 3.8) is 0 Å². The maximum absolute atomic E-state index is 13.4. The molecule has 0 heterocycles. The Morgan fingerprint density at radius 3 is 2.00 bits per heavy atom. The molecule has 2 rings (SSSR count). The van der Waals surface area contributed by atoms with E-state index in [0.29, 0.717) is 31.7 Å². The van der Waals surface area contributed by atoms with E-state index in [1.807, 2.05) is 58.9 Å². The lowest BCUT2D eigenvalue weighted by Crippen LogP contribution is -2.53. The topological polar surface area (TPSA) is 49.4 Å². The van der Waals surface area contributed by atoms with Gasteiger partial charge in [0.25, 0.3) is 0 Å². The molecule has 0 saturated heterocycles. The van der Waals surface area contributed by atoms with Crippen molar-refractivity contribution in [2.75, 3.05) is 0 Å². The van der Waals surface area contributed by atoms with Crippen molar-refractivity contribution in [1.82, 2.24) is 10.2 Å². The largest absolute Gasteiger partial charge is 0.350 e. The van der Waals surface area contributed by atoms with Crippen molar-refractivity contribution < 1.29 is 9.59 Å². The summed E-state index contributed by atoms with van der Waals surface area (Å²) in [5.41, 5.74) is 4.30. The number of hydrogen-bond acceptors (Lipinski definition) is 2. The van der Waals surface area contributed by atoms with Crippen LogP contribution in [0.3, 0.4) is 0 Å². The Morgan fingerprint density at radius 1 is 0.938 bits per heavy atom. The molecular weight excluding hydrogens is 396 g/mol. The van der Waals surface area contributed by atoms with Gasteiger partial charge in [-0.15, -0.1) is 0 Å². The molecule has 2 amide bonds. The summed E-state index contributed by atoms with van der Waals surface area (Å²) in [6.45, 7) is 14.7. The molecule has 1 N–H and O–H groups in total. The van der Waals surface area contributed by atoms with Crippen LogP contribution in [0.15, 0.2) is 48.5 Å². The number of amides is 2. The van der Waals surface area contributed by atoms with Gasteiger partial charge in [0.2, 0.25) is 11.8 Å². The van der Waals surface area contributed by atoms with Crippen LogP contribution in [0.25, 0.3) is 0 Å². The number of aryl methyl sites for hydroxylation is 2. The second-order valence-corrected chi connectivity index (χ2v) is 10.1. The van der Waals surface area contributed by atoms with E-state index in [1.54, 1.807) is 4.90 Å². The Morgan fingerprint density at radius 2 is 1.50 bits per heavy atom. The third-order valence-corrected chi connectivity index (χ3v) is 5.63. The molecule has 0 fully saturated rings. The maximum atomic E-state index is 13.4. The van der Waals surface area contributed by atoms with Crippen LogP contribution in [0.5, 0.6) is 0 Å². The first kappa shape index (κ1) is 25.6. The molecule has 0 radical (unpaired) electrons. The van der Waals surface area contributed by atoms with Crippen LogP contribution in [0.2, 0.25) is 0 Å². The minimum absolute atomic E-state index is 0.00872. The average molecular weight is 437 g/mol. The second kappa shape index (κ2) is 11.3. The lowest BCUT2D eigenvalue weighted by molar-refractivity contribution is -0.142. The average Bonchev–Trinajstić information content (AvgIpc) is 2.72. The molecule has 0 aromatic heterocycles. The molecule has 2 aromatic carbocycles. The highest BCUT2D eigenvalue weighted by molar-refractivity contribution is 5.88. The fourth-order valence-electron chi connectivity index (χ4n) is 3.73. The van der Waals surface area contributed by atoms with Gasteiger partial charge in [0.15, 0.2) is 0 Å². The Labute approximate surface area is 194 Å². The van der Waals surface area contributed by atoms with E-state index in [9.17, 15) is 9.59 Å². The standard InChI is InChI=1S/C28H40N2O2/c1-8-25(27(32)29-28(5,6)7)30(19-23-11-9-21(4)10-12-23)26(31)18-15-22-13-16-24(17-14-22)20(2)3/h9-14,16-17,20,25H,8,15,18-19H2,1-7H3,(H,29,32)/t25-/m1/s1. The fourth-order valence-corrected chi connectivity index (χ4v) is 3.73. The van der Waals surface area contributed by atoms with Crippen LogP contribution >= 0.6 is 0 Å². The normalized spacial score (nSPS) is 12.5. The minimum atomic E-state index is -0.494. The SMILES string of the molecule is CC[C@H](C(=O)NC(C)(C)C)N(Cc1ccc(C)cc1)C(=O)CCc1ccc(C(C)C)cc1. The molecule has 4 heteroatoms. The van der Waals surface area contributed by atoms with Crippen molar-refractivity contribution in [2.24, 2.45) is 0 Å².